The van der Waals surface area contributed by atoms with Gasteiger partial charge >= 0.3 is 0 Å². The predicted molar refractivity (Wildman–Crippen MR) is 108 cm³/mol. The van der Waals surface area contributed by atoms with E-state index in [-0.39, 0.29) is 24.0 Å². The zero-order valence-electron chi connectivity index (χ0n) is 15.6. The van der Waals surface area contributed by atoms with Gasteiger partial charge in [-0.05, 0) is 61.6 Å². The molecule has 4 rings (SSSR count). The Bertz CT molecular complexity index is 976. The lowest BCUT2D eigenvalue weighted by molar-refractivity contribution is -0.119. The van der Waals surface area contributed by atoms with Gasteiger partial charge in [-0.15, -0.1) is 0 Å². The Hall–Kier alpha value is -2.39. The highest BCUT2D eigenvalue weighted by molar-refractivity contribution is 6.30. The molecule has 0 fully saturated rings. The standard InChI is InChI=1S/C23H22ClNO2/c1-14-6-3-9-19(15(14)2)25-20-10-5-11-21(26)23(20)18(13-22(25)27)16-7-4-8-17(24)12-16/h3-4,6-9,12,18H,5,10-11,13H2,1-2H3. The van der Waals surface area contributed by atoms with Crippen LogP contribution >= 0.6 is 11.6 Å². The van der Waals surface area contributed by atoms with Crippen LogP contribution in [0.25, 0.3) is 0 Å². The minimum atomic E-state index is -0.208. The summed E-state index contributed by atoms with van der Waals surface area (Å²) in [6.07, 6.45) is 2.37. The van der Waals surface area contributed by atoms with Crippen LogP contribution in [0, 0.1) is 13.8 Å². The van der Waals surface area contributed by atoms with E-state index in [1.165, 1.54) is 0 Å². The molecule has 4 heteroatoms. The van der Waals surface area contributed by atoms with Crippen LogP contribution in [0.2, 0.25) is 5.02 Å². The number of aryl methyl sites for hydroxylation is 1. The Morgan fingerprint density at radius 2 is 1.81 bits per heavy atom. The zero-order chi connectivity index (χ0) is 19.1. The van der Waals surface area contributed by atoms with Crippen molar-refractivity contribution in [2.75, 3.05) is 4.90 Å². The summed E-state index contributed by atoms with van der Waals surface area (Å²) in [5.74, 6) is -0.00785. The number of nitrogens with zero attached hydrogens (tertiary/aromatic N) is 1. The van der Waals surface area contributed by atoms with Gasteiger partial charge in [0, 0.05) is 35.1 Å². The van der Waals surface area contributed by atoms with E-state index in [0.29, 0.717) is 11.4 Å². The fourth-order valence-electron chi connectivity index (χ4n) is 4.26. The fourth-order valence-corrected chi connectivity index (χ4v) is 4.46. The van der Waals surface area contributed by atoms with E-state index in [9.17, 15) is 9.59 Å². The summed E-state index contributed by atoms with van der Waals surface area (Å²) < 4.78 is 0. The molecule has 27 heavy (non-hydrogen) atoms. The van der Waals surface area contributed by atoms with Gasteiger partial charge in [0.05, 0.1) is 5.69 Å². The summed E-state index contributed by atoms with van der Waals surface area (Å²) in [7, 11) is 0. The van der Waals surface area contributed by atoms with Crippen molar-refractivity contribution >= 4 is 29.0 Å². The van der Waals surface area contributed by atoms with Gasteiger partial charge in [-0.3, -0.25) is 14.5 Å². The molecule has 0 saturated heterocycles. The molecule has 1 aliphatic heterocycles. The van der Waals surface area contributed by atoms with Crippen molar-refractivity contribution in [3.63, 3.8) is 0 Å². The van der Waals surface area contributed by atoms with Crippen molar-refractivity contribution in [3.8, 4) is 0 Å². The first kappa shape index (κ1) is 18.0. The topological polar surface area (TPSA) is 37.4 Å². The number of hydrogen-bond acceptors (Lipinski definition) is 2. The number of anilines is 1. The molecule has 1 aliphatic carbocycles. The summed E-state index contributed by atoms with van der Waals surface area (Å²) in [4.78, 5) is 27.9. The van der Waals surface area contributed by atoms with Crippen LogP contribution in [0.4, 0.5) is 5.69 Å². The molecular formula is C23H22ClNO2. The van der Waals surface area contributed by atoms with Gasteiger partial charge in [0.1, 0.15) is 0 Å². The Balaban J connectivity index is 1.90. The largest absolute Gasteiger partial charge is 0.294 e. The molecule has 0 N–H and O–H groups in total. The average Bonchev–Trinajstić information content (AvgIpc) is 2.64. The molecule has 0 saturated carbocycles. The van der Waals surface area contributed by atoms with Gasteiger partial charge in [0.2, 0.25) is 5.91 Å². The first-order chi connectivity index (χ1) is 13.0. The van der Waals surface area contributed by atoms with E-state index < -0.39 is 0 Å². The van der Waals surface area contributed by atoms with Crippen LogP contribution in [-0.4, -0.2) is 11.7 Å². The molecule has 0 aromatic heterocycles. The van der Waals surface area contributed by atoms with E-state index in [1.54, 1.807) is 4.90 Å². The van der Waals surface area contributed by atoms with Crippen molar-refractivity contribution in [1.82, 2.24) is 0 Å². The van der Waals surface area contributed by atoms with E-state index in [4.69, 9.17) is 11.6 Å². The summed E-state index contributed by atoms with van der Waals surface area (Å²) >= 11 is 6.18. The maximum absolute atomic E-state index is 13.2. The van der Waals surface area contributed by atoms with Crippen LogP contribution in [0.1, 0.15) is 48.3 Å². The number of amides is 1. The minimum Gasteiger partial charge on any atom is -0.294 e. The SMILES string of the molecule is Cc1cccc(N2C(=O)CC(c3cccc(Cl)c3)C3=C2CCCC3=O)c1C. The van der Waals surface area contributed by atoms with Crippen molar-refractivity contribution in [1.29, 1.82) is 0 Å². The Kier molecular flexibility index (Phi) is 4.65. The normalized spacial score (nSPS) is 20.1. The minimum absolute atomic E-state index is 0.0436. The quantitative estimate of drug-likeness (QED) is 0.692. The van der Waals surface area contributed by atoms with E-state index in [2.05, 4.69) is 0 Å². The first-order valence-corrected chi connectivity index (χ1v) is 9.76. The third-order valence-corrected chi connectivity index (χ3v) is 5.98. The fraction of sp³-hybridized carbons (Fsp3) is 0.304. The molecule has 1 unspecified atom stereocenters. The van der Waals surface area contributed by atoms with Gasteiger partial charge in [0.15, 0.2) is 5.78 Å². The Labute approximate surface area is 164 Å². The number of hydrogen-bond donors (Lipinski definition) is 0. The van der Waals surface area contributed by atoms with E-state index >= 15 is 0 Å². The molecule has 0 radical (unpaired) electrons. The molecule has 1 atom stereocenters. The highest BCUT2D eigenvalue weighted by atomic mass is 35.5. The van der Waals surface area contributed by atoms with Gasteiger partial charge < -0.3 is 0 Å². The highest BCUT2D eigenvalue weighted by Crippen LogP contribution is 2.44. The van der Waals surface area contributed by atoms with Crippen LogP contribution in [-0.2, 0) is 9.59 Å². The van der Waals surface area contributed by atoms with Crippen molar-refractivity contribution in [2.24, 2.45) is 0 Å². The molecule has 2 aromatic rings. The number of rotatable bonds is 2. The molecule has 3 nitrogen and oxygen atoms in total. The maximum atomic E-state index is 13.2. The molecule has 138 valence electrons. The zero-order valence-corrected chi connectivity index (χ0v) is 16.3. The second-order valence-corrected chi connectivity index (χ2v) is 7.83. The van der Waals surface area contributed by atoms with Crippen LogP contribution in [0.15, 0.2) is 53.7 Å². The van der Waals surface area contributed by atoms with Crippen molar-refractivity contribution in [2.45, 2.75) is 45.4 Å². The number of allylic oxidation sites excluding steroid dienone is 2. The first-order valence-electron chi connectivity index (χ1n) is 9.38. The van der Waals surface area contributed by atoms with Crippen LogP contribution < -0.4 is 4.90 Å². The lowest BCUT2D eigenvalue weighted by atomic mass is 9.77. The molecule has 2 aliphatic rings. The summed E-state index contributed by atoms with van der Waals surface area (Å²) in [5.41, 5.74) is 5.73. The summed E-state index contributed by atoms with van der Waals surface area (Å²) in [6.45, 7) is 4.08. The van der Waals surface area contributed by atoms with E-state index in [1.807, 2.05) is 56.3 Å². The second-order valence-electron chi connectivity index (χ2n) is 7.40. The summed E-state index contributed by atoms with van der Waals surface area (Å²) in [5, 5.41) is 0.627. The van der Waals surface area contributed by atoms with Crippen molar-refractivity contribution in [3.05, 3.63) is 75.4 Å². The van der Waals surface area contributed by atoms with Gasteiger partial charge in [-0.2, -0.15) is 0 Å². The predicted octanol–water partition coefficient (Wildman–Crippen LogP) is 5.48. The Morgan fingerprint density at radius 3 is 2.59 bits per heavy atom. The van der Waals surface area contributed by atoms with Crippen molar-refractivity contribution < 1.29 is 9.59 Å². The number of Topliss-reactive ketones (excluding diaryl/α,β-unsaturated/α-hetero) is 1. The molecule has 0 spiro atoms. The molecule has 1 amide bonds. The number of halogens is 1. The van der Waals surface area contributed by atoms with Gasteiger partial charge in [-0.1, -0.05) is 35.9 Å². The van der Waals surface area contributed by atoms with E-state index in [0.717, 1.165) is 46.5 Å². The molecule has 1 heterocycles. The molecule has 0 bridgehead atoms. The highest BCUT2D eigenvalue weighted by Gasteiger charge is 2.40. The monoisotopic (exact) mass is 379 g/mol. The third-order valence-electron chi connectivity index (χ3n) is 5.74. The number of carbonyl (C=O) groups excluding carboxylic acids is 2. The maximum Gasteiger partial charge on any atom is 0.232 e. The molecular weight excluding hydrogens is 358 g/mol. The lowest BCUT2D eigenvalue weighted by Gasteiger charge is -2.39. The number of carbonyl (C=O) groups is 2. The van der Waals surface area contributed by atoms with Crippen LogP contribution in [0.5, 0.6) is 0 Å². The van der Waals surface area contributed by atoms with Gasteiger partial charge in [0.25, 0.3) is 0 Å². The number of benzene rings is 2. The van der Waals surface area contributed by atoms with Crippen LogP contribution in [0.3, 0.4) is 0 Å². The summed E-state index contributed by atoms with van der Waals surface area (Å²) in [6, 6.07) is 13.5. The third kappa shape index (κ3) is 3.10. The number of ketones is 1. The smallest absolute Gasteiger partial charge is 0.232 e. The molecule has 2 aromatic carbocycles. The second kappa shape index (κ2) is 6.97. The average molecular weight is 380 g/mol. The van der Waals surface area contributed by atoms with Gasteiger partial charge in [-0.25, -0.2) is 0 Å². The Morgan fingerprint density at radius 1 is 1.04 bits per heavy atom. The lowest BCUT2D eigenvalue weighted by Crippen LogP contribution is -2.41.